The van der Waals surface area contributed by atoms with E-state index in [2.05, 4.69) is 15.4 Å². The molecule has 0 radical (unpaired) electrons. The number of aliphatic hydroxyl groups is 1. The van der Waals surface area contributed by atoms with Crippen LogP contribution in [-0.4, -0.2) is 45.0 Å². The molecule has 0 heterocycles. The van der Waals surface area contributed by atoms with Gasteiger partial charge in [0.05, 0.1) is 18.4 Å². The molecule has 0 spiro atoms. The Morgan fingerprint density at radius 2 is 2.05 bits per heavy atom. The second kappa shape index (κ2) is 7.08. The molecule has 4 N–H and O–H groups in total. The number of benzene rings is 1. The van der Waals surface area contributed by atoms with Crippen LogP contribution in [0.15, 0.2) is 24.3 Å². The van der Waals surface area contributed by atoms with Crippen LogP contribution in [0.1, 0.15) is 23.6 Å². The number of carbonyl (C=O) groups is 1. The molecule has 0 unspecified atom stereocenters. The minimum absolute atomic E-state index is 0.272. The van der Waals surface area contributed by atoms with Crippen molar-refractivity contribution in [1.82, 2.24) is 15.4 Å². The number of amides is 2. The number of carbonyl (C=O) groups excluding carboxylic acids is 1. The highest BCUT2D eigenvalue weighted by atomic mass is 32.2. The SMILES string of the molecule is CS(=O)(=O)NCCCNC(=O)N[C@H]1c2ccccc2C[C@H]1O. The Labute approximate surface area is 130 Å². The summed E-state index contributed by atoms with van der Waals surface area (Å²) in [7, 11) is -3.20. The molecule has 7 nitrogen and oxygen atoms in total. The van der Waals surface area contributed by atoms with Gasteiger partial charge in [0.2, 0.25) is 10.0 Å². The first-order chi connectivity index (χ1) is 10.4. The van der Waals surface area contributed by atoms with E-state index in [1.165, 1.54) is 0 Å². The van der Waals surface area contributed by atoms with Gasteiger partial charge in [-0.15, -0.1) is 0 Å². The van der Waals surface area contributed by atoms with Crippen LogP contribution in [0.2, 0.25) is 0 Å². The Morgan fingerprint density at radius 1 is 1.32 bits per heavy atom. The van der Waals surface area contributed by atoms with Crippen molar-refractivity contribution in [3.05, 3.63) is 35.4 Å². The number of fused-ring (bicyclic) bond motifs is 1. The molecular weight excluding hydrogens is 306 g/mol. The highest BCUT2D eigenvalue weighted by Gasteiger charge is 2.31. The summed E-state index contributed by atoms with van der Waals surface area (Å²) in [4.78, 5) is 11.8. The Bertz CT molecular complexity index is 633. The van der Waals surface area contributed by atoms with Gasteiger partial charge in [-0.2, -0.15) is 0 Å². The van der Waals surface area contributed by atoms with E-state index in [1.807, 2.05) is 24.3 Å². The van der Waals surface area contributed by atoms with E-state index in [4.69, 9.17) is 0 Å². The summed E-state index contributed by atoms with van der Waals surface area (Å²) in [5.41, 5.74) is 1.97. The van der Waals surface area contributed by atoms with Gasteiger partial charge in [-0.1, -0.05) is 24.3 Å². The zero-order valence-electron chi connectivity index (χ0n) is 12.4. The molecule has 2 amide bonds. The summed E-state index contributed by atoms with van der Waals surface area (Å²) in [6.45, 7) is 0.618. The highest BCUT2D eigenvalue weighted by Crippen LogP contribution is 2.30. The van der Waals surface area contributed by atoms with E-state index in [9.17, 15) is 18.3 Å². The third kappa shape index (κ3) is 4.69. The van der Waals surface area contributed by atoms with Gasteiger partial charge in [-0.05, 0) is 17.5 Å². The minimum Gasteiger partial charge on any atom is -0.390 e. The molecule has 22 heavy (non-hydrogen) atoms. The smallest absolute Gasteiger partial charge is 0.315 e. The van der Waals surface area contributed by atoms with Crippen molar-refractivity contribution in [1.29, 1.82) is 0 Å². The van der Waals surface area contributed by atoms with Gasteiger partial charge in [0, 0.05) is 19.5 Å². The molecule has 1 aliphatic rings. The summed E-state index contributed by atoms with van der Waals surface area (Å²) in [6.07, 6.45) is 1.48. The Hall–Kier alpha value is -1.64. The van der Waals surface area contributed by atoms with Gasteiger partial charge in [-0.3, -0.25) is 0 Å². The van der Waals surface area contributed by atoms with Crippen LogP contribution >= 0.6 is 0 Å². The summed E-state index contributed by atoms with van der Waals surface area (Å²) in [6, 6.07) is 6.83. The Kier molecular flexibility index (Phi) is 5.38. The molecular formula is C14H21N3O4S. The largest absolute Gasteiger partial charge is 0.390 e. The van der Waals surface area contributed by atoms with E-state index in [0.29, 0.717) is 19.4 Å². The van der Waals surface area contributed by atoms with Gasteiger partial charge in [-0.25, -0.2) is 17.9 Å². The van der Waals surface area contributed by atoms with Crippen molar-refractivity contribution in [3.63, 3.8) is 0 Å². The van der Waals surface area contributed by atoms with Crippen molar-refractivity contribution < 1.29 is 18.3 Å². The van der Waals surface area contributed by atoms with Crippen molar-refractivity contribution in [2.45, 2.75) is 25.0 Å². The molecule has 0 aromatic heterocycles. The van der Waals surface area contributed by atoms with Crippen LogP contribution in [0.5, 0.6) is 0 Å². The monoisotopic (exact) mass is 327 g/mol. The Morgan fingerprint density at radius 3 is 2.77 bits per heavy atom. The zero-order valence-corrected chi connectivity index (χ0v) is 13.2. The molecule has 1 aromatic rings. The van der Waals surface area contributed by atoms with Crippen LogP contribution in [0.4, 0.5) is 4.79 Å². The van der Waals surface area contributed by atoms with Crippen LogP contribution in [0, 0.1) is 0 Å². The van der Waals surface area contributed by atoms with Crippen molar-refractivity contribution in [3.8, 4) is 0 Å². The molecule has 2 atom stereocenters. The molecule has 2 rings (SSSR count). The lowest BCUT2D eigenvalue weighted by Crippen LogP contribution is -2.41. The fourth-order valence-electron chi connectivity index (χ4n) is 2.49. The molecule has 0 aliphatic heterocycles. The summed E-state index contributed by atoms with van der Waals surface area (Å²) in [5.74, 6) is 0. The molecule has 8 heteroatoms. The first-order valence-corrected chi connectivity index (χ1v) is 9.01. The van der Waals surface area contributed by atoms with E-state index >= 15 is 0 Å². The third-order valence-electron chi connectivity index (χ3n) is 3.49. The van der Waals surface area contributed by atoms with Crippen LogP contribution in [0.25, 0.3) is 0 Å². The average molecular weight is 327 g/mol. The second-order valence-electron chi connectivity index (χ2n) is 5.37. The van der Waals surface area contributed by atoms with E-state index in [1.54, 1.807) is 0 Å². The lowest BCUT2D eigenvalue weighted by Gasteiger charge is -2.18. The van der Waals surface area contributed by atoms with Crippen LogP contribution in [0.3, 0.4) is 0 Å². The van der Waals surface area contributed by atoms with Crippen LogP contribution < -0.4 is 15.4 Å². The predicted octanol–water partition coefficient (Wildman–Crippen LogP) is -0.117. The number of urea groups is 1. The van der Waals surface area contributed by atoms with E-state index in [-0.39, 0.29) is 12.6 Å². The second-order valence-corrected chi connectivity index (χ2v) is 7.20. The number of rotatable bonds is 6. The predicted molar refractivity (Wildman–Crippen MR) is 82.9 cm³/mol. The molecule has 1 aliphatic carbocycles. The molecule has 0 bridgehead atoms. The molecule has 1 aromatic carbocycles. The lowest BCUT2D eigenvalue weighted by molar-refractivity contribution is 0.142. The van der Waals surface area contributed by atoms with Gasteiger partial charge in [0.15, 0.2) is 0 Å². The van der Waals surface area contributed by atoms with E-state index < -0.39 is 22.2 Å². The fraction of sp³-hybridized carbons (Fsp3) is 0.500. The van der Waals surface area contributed by atoms with E-state index in [0.717, 1.165) is 17.4 Å². The third-order valence-corrected chi connectivity index (χ3v) is 4.22. The maximum absolute atomic E-state index is 11.8. The summed E-state index contributed by atoms with van der Waals surface area (Å²) in [5, 5.41) is 15.4. The molecule has 0 saturated heterocycles. The zero-order chi connectivity index (χ0) is 16.2. The number of sulfonamides is 1. The number of nitrogens with one attached hydrogen (secondary N) is 3. The highest BCUT2D eigenvalue weighted by molar-refractivity contribution is 7.88. The summed E-state index contributed by atoms with van der Waals surface area (Å²) < 4.78 is 24.1. The maximum Gasteiger partial charge on any atom is 0.315 e. The first-order valence-electron chi connectivity index (χ1n) is 7.11. The number of hydrogen-bond acceptors (Lipinski definition) is 4. The standard InChI is InChI=1S/C14H21N3O4S/c1-22(20,21)16-8-4-7-15-14(19)17-13-11-6-3-2-5-10(11)9-12(13)18/h2-3,5-6,12-13,16,18H,4,7-9H2,1H3,(H2,15,17,19)/t12-,13+/m1/s1. The molecule has 122 valence electrons. The molecule has 0 fully saturated rings. The van der Waals surface area contributed by atoms with Crippen molar-refractivity contribution in [2.75, 3.05) is 19.3 Å². The summed E-state index contributed by atoms with van der Waals surface area (Å²) >= 11 is 0. The van der Waals surface area contributed by atoms with Crippen molar-refractivity contribution in [2.24, 2.45) is 0 Å². The van der Waals surface area contributed by atoms with Crippen molar-refractivity contribution >= 4 is 16.1 Å². The normalized spacial score (nSPS) is 20.5. The topological polar surface area (TPSA) is 108 Å². The van der Waals surface area contributed by atoms with Gasteiger partial charge >= 0.3 is 6.03 Å². The quantitative estimate of drug-likeness (QED) is 0.547. The molecule has 0 saturated carbocycles. The Balaban J connectivity index is 1.76. The minimum atomic E-state index is -3.20. The average Bonchev–Trinajstić information content (AvgIpc) is 2.74. The number of hydrogen-bond donors (Lipinski definition) is 4. The van der Waals surface area contributed by atoms with Gasteiger partial charge in [0.25, 0.3) is 0 Å². The maximum atomic E-state index is 11.8. The first kappa shape index (κ1) is 16.7. The van der Waals surface area contributed by atoms with Gasteiger partial charge < -0.3 is 15.7 Å². The fourth-order valence-corrected chi connectivity index (χ4v) is 3.00. The van der Waals surface area contributed by atoms with Crippen LogP contribution in [-0.2, 0) is 16.4 Å². The lowest BCUT2D eigenvalue weighted by atomic mass is 10.1. The number of aliphatic hydroxyl groups excluding tert-OH is 1. The van der Waals surface area contributed by atoms with Gasteiger partial charge in [0.1, 0.15) is 0 Å².